The number of halogens is 1. The molecule has 1 aliphatic heterocycles. The topological polar surface area (TPSA) is 108 Å². The van der Waals surface area contributed by atoms with Gasteiger partial charge in [0.05, 0.1) is 12.7 Å². The summed E-state index contributed by atoms with van der Waals surface area (Å²) in [6.07, 6.45) is 1.69. The van der Waals surface area contributed by atoms with E-state index in [9.17, 15) is 9.59 Å². The van der Waals surface area contributed by atoms with Crippen molar-refractivity contribution in [2.24, 2.45) is 0 Å². The third-order valence-corrected chi connectivity index (χ3v) is 5.77. The molecule has 3 amide bonds. The highest BCUT2D eigenvalue weighted by molar-refractivity contribution is 6.06. The monoisotopic (exact) mass is 471 g/mol. The van der Waals surface area contributed by atoms with Crippen LogP contribution in [0.5, 0.6) is 5.75 Å². The van der Waals surface area contributed by atoms with Gasteiger partial charge in [-0.05, 0) is 54.4 Å². The summed E-state index contributed by atoms with van der Waals surface area (Å²) in [5.41, 5.74) is 4.50. The molecule has 0 bridgehead atoms. The minimum Gasteiger partial charge on any atom is -0.497 e. The Balaban J connectivity index is 1.41. The van der Waals surface area contributed by atoms with Crippen LogP contribution in [0.25, 0.3) is 22.5 Å². The second-order valence-corrected chi connectivity index (χ2v) is 8.12. The van der Waals surface area contributed by atoms with E-state index in [-0.39, 0.29) is 5.91 Å². The molecule has 0 spiro atoms. The van der Waals surface area contributed by atoms with E-state index >= 15 is 4.39 Å². The van der Waals surface area contributed by atoms with Crippen LogP contribution in [0.15, 0.2) is 60.8 Å². The Morgan fingerprint density at radius 3 is 2.49 bits per heavy atom. The molecule has 0 saturated heterocycles. The number of nitrogens with one attached hydrogen (secondary N) is 4. The number of anilines is 2. The molecule has 0 radical (unpaired) electrons. The van der Waals surface area contributed by atoms with Gasteiger partial charge in [0, 0.05) is 47.0 Å². The fraction of sp³-hybridized carbons (Fsp3) is 0.115. The first-order valence-corrected chi connectivity index (χ1v) is 10.9. The molecule has 3 aromatic carbocycles. The fourth-order valence-corrected chi connectivity index (χ4v) is 4.15. The third-order valence-electron chi connectivity index (χ3n) is 5.77. The lowest BCUT2D eigenvalue weighted by Crippen LogP contribution is -2.19. The molecular weight excluding hydrogens is 449 g/mol. The molecule has 0 saturated carbocycles. The predicted molar refractivity (Wildman–Crippen MR) is 131 cm³/mol. The SMILES string of the molecule is COc1cccc(NC(=O)Nc2ccc(-c3ccc(-c4ncc(C)[nH]4)c4c3CNC4=O)c(F)c2)c1. The molecule has 0 atom stereocenters. The fourth-order valence-electron chi connectivity index (χ4n) is 4.15. The summed E-state index contributed by atoms with van der Waals surface area (Å²) in [6, 6.07) is 14.4. The average molecular weight is 471 g/mol. The number of nitrogens with zero attached hydrogens (tertiary/aromatic N) is 1. The van der Waals surface area contributed by atoms with Crippen LogP contribution in [-0.2, 0) is 6.54 Å². The van der Waals surface area contributed by atoms with Crippen LogP contribution in [0.4, 0.5) is 20.6 Å². The number of benzene rings is 3. The van der Waals surface area contributed by atoms with E-state index in [2.05, 4.69) is 25.9 Å². The Labute approximate surface area is 200 Å². The maximum Gasteiger partial charge on any atom is 0.323 e. The molecule has 2 heterocycles. The number of hydrogen-bond acceptors (Lipinski definition) is 4. The molecule has 5 rings (SSSR count). The number of aryl methyl sites for hydroxylation is 1. The molecule has 1 aliphatic rings. The quantitative estimate of drug-likeness (QED) is 0.325. The van der Waals surface area contributed by atoms with Crippen molar-refractivity contribution in [2.75, 3.05) is 17.7 Å². The van der Waals surface area contributed by atoms with Crippen molar-refractivity contribution in [3.05, 3.63) is 83.4 Å². The molecule has 4 aromatic rings. The van der Waals surface area contributed by atoms with E-state index in [1.54, 1.807) is 54.7 Å². The number of rotatable bonds is 5. The Kier molecular flexibility index (Phi) is 5.66. The van der Waals surface area contributed by atoms with Crippen LogP contribution < -0.4 is 20.7 Å². The van der Waals surface area contributed by atoms with Gasteiger partial charge in [0.15, 0.2) is 0 Å². The molecule has 1 aromatic heterocycles. The summed E-state index contributed by atoms with van der Waals surface area (Å²) < 4.78 is 20.3. The van der Waals surface area contributed by atoms with Crippen molar-refractivity contribution < 1.29 is 18.7 Å². The standard InChI is InChI=1S/C26H22FN5O3/c1-14-12-28-24(30-14)20-9-8-18(21-13-29-25(33)23(20)21)19-7-6-16(11-22(19)27)32-26(34)31-15-4-3-5-17(10-15)35-2/h3-12H,13H2,1-2H3,(H,28,30)(H,29,33)(H2,31,32,34). The summed E-state index contributed by atoms with van der Waals surface area (Å²) in [6.45, 7) is 2.17. The summed E-state index contributed by atoms with van der Waals surface area (Å²) >= 11 is 0. The van der Waals surface area contributed by atoms with Gasteiger partial charge in [-0.3, -0.25) is 4.79 Å². The number of urea groups is 1. The number of carbonyl (C=O) groups excluding carboxylic acids is 2. The second-order valence-electron chi connectivity index (χ2n) is 8.12. The first kappa shape index (κ1) is 22.1. The van der Waals surface area contributed by atoms with E-state index in [0.717, 1.165) is 5.69 Å². The average Bonchev–Trinajstić information content (AvgIpc) is 3.45. The van der Waals surface area contributed by atoms with Crippen molar-refractivity contribution in [1.29, 1.82) is 0 Å². The normalized spacial score (nSPS) is 12.1. The van der Waals surface area contributed by atoms with Gasteiger partial charge in [-0.1, -0.05) is 12.1 Å². The Morgan fingerprint density at radius 1 is 1.03 bits per heavy atom. The third kappa shape index (κ3) is 4.31. The van der Waals surface area contributed by atoms with Gasteiger partial charge in [-0.2, -0.15) is 0 Å². The molecular formula is C26H22FN5O3. The second kappa shape index (κ2) is 8.94. The van der Waals surface area contributed by atoms with Crippen molar-refractivity contribution >= 4 is 23.3 Å². The summed E-state index contributed by atoms with van der Waals surface area (Å²) in [7, 11) is 1.54. The lowest BCUT2D eigenvalue weighted by Gasteiger charge is -2.13. The number of hydrogen-bond donors (Lipinski definition) is 4. The number of carbonyl (C=O) groups is 2. The van der Waals surface area contributed by atoms with Gasteiger partial charge < -0.3 is 25.7 Å². The summed E-state index contributed by atoms with van der Waals surface area (Å²) in [5.74, 6) is 0.447. The van der Waals surface area contributed by atoms with E-state index in [4.69, 9.17) is 4.74 Å². The lowest BCUT2D eigenvalue weighted by atomic mass is 9.92. The zero-order valence-corrected chi connectivity index (χ0v) is 19.0. The van der Waals surface area contributed by atoms with E-state index in [1.807, 2.05) is 6.92 Å². The van der Waals surface area contributed by atoms with Crippen LogP contribution in [-0.4, -0.2) is 29.0 Å². The van der Waals surface area contributed by atoms with Crippen molar-refractivity contribution in [3.63, 3.8) is 0 Å². The molecule has 8 nitrogen and oxygen atoms in total. The number of imidazole rings is 1. The van der Waals surface area contributed by atoms with Crippen LogP contribution in [0.2, 0.25) is 0 Å². The highest BCUT2D eigenvalue weighted by Gasteiger charge is 2.28. The van der Waals surface area contributed by atoms with Gasteiger partial charge in [0.1, 0.15) is 17.4 Å². The minimum absolute atomic E-state index is 0.223. The van der Waals surface area contributed by atoms with Gasteiger partial charge in [0.25, 0.3) is 5.91 Å². The highest BCUT2D eigenvalue weighted by Crippen LogP contribution is 2.36. The molecule has 9 heteroatoms. The number of H-pyrrole nitrogens is 1. The van der Waals surface area contributed by atoms with Crippen LogP contribution in [0.3, 0.4) is 0 Å². The van der Waals surface area contributed by atoms with E-state index in [0.29, 0.717) is 57.3 Å². The Hall–Kier alpha value is -4.66. The maximum atomic E-state index is 15.2. The van der Waals surface area contributed by atoms with Gasteiger partial charge >= 0.3 is 6.03 Å². The smallest absolute Gasteiger partial charge is 0.323 e. The number of amides is 3. The van der Waals surface area contributed by atoms with Crippen molar-refractivity contribution in [3.8, 4) is 28.3 Å². The molecule has 35 heavy (non-hydrogen) atoms. The zero-order chi connectivity index (χ0) is 24.5. The number of aromatic amines is 1. The predicted octanol–water partition coefficient (Wildman–Crippen LogP) is 5.09. The number of ether oxygens (including phenoxy) is 1. The van der Waals surface area contributed by atoms with Gasteiger partial charge in [-0.15, -0.1) is 0 Å². The van der Waals surface area contributed by atoms with Crippen LogP contribution >= 0.6 is 0 Å². The van der Waals surface area contributed by atoms with Crippen LogP contribution in [0, 0.1) is 12.7 Å². The number of fused-ring (bicyclic) bond motifs is 1. The van der Waals surface area contributed by atoms with Gasteiger partial charge in [0.2, 0.25) is 0 Å². The Bertz CT molecular complexity index is 1460. The lowest BCUT2D eigenvalue weighted by molar-refractivity contribution is 0.0966. The molecule has 0 fully saturated rings. The first-order chi connectivity index (χ1) is 16.9. The number of aromatic nitrogens is 2. The summed E-state index contributed by atoms with van der Waals surface area (Å²) in [4.78, 5) is 32.4. The minimum atomic E-state index is -0.521. The van der Waals surface area contributed by atoms with Crippen molar-refractivity contribution in [1.82, 2.24) is 15.3 Å². The Morgan fingerprint density at radius 2 is 1.77 bits per heavy atom. The molecule has 0 aliphatic carbocycles. The first-order valence-electron chi connectivity index (χ1n) is 10.9. The molecule has 0 unspecified atom stereocenters. The van der Waals surface area contributed by atoms with E-state index in [1.165, 1.54) is 13.2 Å². The molecule has 176 valence electrons. The largest absolute Gasteiger partial charge is 0.497 e. The maximum absolute atomic E-state index is 15.2. The highest BCUT2D eigenvalue weighted by atomic mass is 19.1. The van der Waals surface area contributed by atoms with Crippen molar-refractivity contribution in [2.45, 2.75) is 13.5 Å². The van der Waals surface area contributed by atoms with Gasteiger partial charge in [-0.25, -0.2) is 14.2 Å². The summed E-state index contributed by atoms with van der Waals surface area (Å²) in [5, 5.41) is 8.14. The zero-order valence-electron chi connectivity index (χ0n) is 19.0. The number of methoxy groups -OCH3 is 1. The van der Waals surface area contributed by atoms with Crippen LogP contribution in [0.1, 0.15) is 21.6 Å². The van der Waals surface area contributed by atoms with E-state index < -0.39 is 11.8 Å². The molecule has 4 N–H and O–H groups in total.